The molecule has 1 heterocycles. The van der Waals surface area contributed by atoms with Gasteiger partial charge in [0.15, 0.2) is 12.0 Å². The number of carbonyl (C=O) groups is 2. The summed E-state index contributed by atoms with van der Waals surface area (Å²) >= 11 is 0. The van der Waals surface area contributed by atoms with Crippen molar-refractivity contribution in [1.82, 2.24) is 15.5 Å². The topological polar surface area (TPSA) is 74.8 Å². The summed E-state index contributed by atoms with van der Waals surface area (Å²) in [5, 5.41) is 9.05. The number of rotatable bonds is 4. The molecule has 18 heavy (non-hydrogen) atoms. The average Bonchev–Trinajstić information content (AvgIpc) is 2.88. The Morgan fingerprint density at radius 3 is 2.72 bits per heavy atom. The van der Waals surface area contributed by atoms with Crippen LogP contribution in [-0.2, 0) is 0 Å². The molecule has 0 fully saturated rings. The van der Waals surface area contributed by atoms with Gasteiger partial charge in [0.2, 0.25) is 0 Å². The first-order chi connectivity index (χ1) is 8.70. The maximum absolute atomic E-state index is 11.8. The maximum atomic E-state index is 11.8. The van der Waals surface area contributed by atoms with Crippen LogP contribution in [0.15, 0.2) is 36.4 Å². The normalized spacial score (nSPS) is 11.8. The Balaban J connectivity index is 2.05. The lowest BCUT2D eigenvalue weighted by atomic mass is 10.1. The van der Waals surface area contributed by atoms with Crippen molar-refractivity contribution in [1.29, 1.82) is 0 Å². The molecule has 2 aromatic rings. The number of amides is 1. The molecule has 0 aliphatic carbocycles. The molecule has 2 rings (SSSR count). The minimum absolute atomic E-state index is 0.116. The quantitative estimate of drug-likeness (QED) is 0.803. The molecule has 0 saturated carbocycles. The molecule has 1 aromatic carbocycles. The standard InChI is InChI=1S/C13H13N3O2/c1-9(10-5-3-2-4-6-10)14-13(18)12-7-11(8-17)15-16-12/h2-9H,1H3,(H,14,18)(H,15,16). The van der Waals surface area contributed by atoms with Gasteiger partial charge in [0.1, 0.15) is 0 Å². The average molecular weight is 243 g/mol. The Labute approximate surface area is 104 Å². The first-order valence-electron chi connectivity index (χ1n) is 5.57. The number of H-pyrrole nitrogens is 1. The second kappa shape index (κ2) is 5.27. The van der Waals surface area contributed by atoms with Gasteiger partial charge in [0.05, 0.1) is 11.7 Å². The van der Waals surface area contributed by atoms with Gasteiger partial charge in [-0.1, -0.05) is 30.3 Å². The van der Waals surface area contributed by atoms with Crippen molar-refractivity contribution in [3.8, 4) is 0 Å². The van der Waals surface area contributed by atoms with Crippen molar-refractivity contribution in [3.63, 3.8) is 0 Å². The molecule has 5 heteroatoms. The Bertz CT molecular complexity index is 548. The smallest absolute Gasteiger partial charge is 0.272 e. The summed E-state index contributed by atoms with van der Waals surface area (Å²) in [6.45, 7) is 1.89. The van der Waals surface area contributed by atoms with E-state index in [1.807, 2.05) is 37.3 Å². The zero-order valence-electron chi connectivity index (χ0n) is 9.88. The van der Waals surface area contributed by atoms with Crippen LogP contribution in [0.5, 0.6) is 0 Å². The Morgan fingerprint density at radius 2 is 2.11 bits per heavy atom. The highest BCUT2D eigenvalue weighted by Gasteiger charge is 2.13. The minimum atomic E-state index is -0.310. The van der Waals surface area contributed by atoms with Gasteiger partial charge in [-0.25, -0.2) is 0 Å². The van der Waals surface area contributed by atoms with Crippen molar-refractivity contribution in [2.45, 2.75) is 13.0 Å². The van der Waals surface area contributed by atoms with E-state index in [1.54, 1.807) is 0 Å². The summed E-state index contributed by atoms with van der Waals surface area (Å²) in [5.41, 5.74) is 1.50. The van der Waals surface area contributed by atoms with Crippen molar-refractivity contribution >= 4 is 12.2 Å². The number of aromatic nitrogens is 2. The van der Waals surface area contributed by atoms with Crippen molar-refractivity contribution in [2.75, 3.05) is 0 Å². The van der Waals surface area contributed by atoms with Crippen LogP contribution in [-0.4, -0.2) is 22.4 Å². The van der Waals surface area contributed by atoms with E-state index in [0.29, 0.717) is 6.29 Å². The summed E-state index contributed by atoms with van der Waals surface area (Å²) in [6, 6.07) is 10.9. The lowest BCUT2D eigenvalue weighted by Crippen LogP contribution is -2.26. The highest BCUT2D eigenvalue weighted by Crippen LogP contribution is 2.11. The molecule has 1 aromatic heterocycles. The lowest BCUT2D eigenvalue weighted by Gasteiger charge is -2.12. The molecular formula is C13H13N3O2. The molecular weight excluding hydrogens is 230 g/mol. The second-order valence-electron chi connectivity index (χ2n) is 3.93. The monoisotopic (exact) mass is 243 g/mol. The number of hydrogen-bond acceptors (Lipinski definition) is 3. The molecule has 0 aliphatic heterocycles. The number of aldehydes is 1. The Kier molecular flexibility index (Phi) is 3.52. The predicted molar refractivity (Wildman–Crippen MR) is 66.3 cm³/mol. The summed E-state index contributed by atoms with van der Waals surface area (Å²) in [7, 11) is 0. The van der Waals surface area contributed by atoms with E-state index in [4.69, 9.17) is 0 Å². The first-order valence-corrected chi connectivity index (χ1v) is 5.57. The van der Waals surface area contributed by atoms with Gasteiger partial charge in [0.25, 0.3) is 5.91 Å². The van der Waals surface area contributed by atoms with Gasteiger partial charge >= 0.3 is 0 Å². The number of nitrogens with zero attached hydrogens (tertiary/aromatic N) is 1. The summed E-state index contributed by atoms with van der Waals surface area (Å²) in [5.74, 6) is -0.310. The molecule has 0 aliphatic rings. The van der Waals surface area contributed by atoms with Gasteiger partial charge in [-0.3, -0.25) is 14.7 Å². The van der Waals surface area contributed by atoms with Crippen LogP contribution in [0.3, 0.4) is 0 Å². The van der Waals surface area contributed by atoms with Crippen LogP contribution >= 0.6 is 0 Å². The molecule has 1 unspecified atom stereocenters. The number of carbonyl (C=O) groups excluding carboxylic acids is 2. The zero-order valence-corrected chi connectivity index (χ0v) is 9.88. The fourth-order valence-corrected chi connectivity index (χ4v) is 1.61. The van der Waals surface area contributed by atoms with Gasteiger partial charge in [-0.15, -0.1) is 0 Å². The Hall–Kier alpha value is -2.43. The molecule has 0 saturated heterocycles. The maximum Gasteiger partial charge on any atom is 0.272 e. The van der Waals surface area contributed by atoms with Crippen LogP contribution < -0.4 is 5.32 Å². The van der Waals surface area contributed by atoms with Gasteiger partial charge in [0, 0.05) is 0 Å². The van der Waals surface area contributed by atoms with Crippen molar-refractivity contribution in [2.24, 2.45) is 0 Å². The fourth-order valence-electron chi connectivity index (χ4n) is 1.61. The SMILES string of the molecule is CC(NC(=O)c1cc(C=O)[nH]n1)c1ccccc1. The minimum Gasteiger partial charge on any atom is -0.344 e. The summed E-state index contributed by atoms with van der Waals surface area (Å²) in [4.78, 5) is 22.3. The zero-order chi connectivity index (χ0) is 13.0. The third kappa shape index (κ3) is 2.63. The molecule has 0 spiro atoms. The van der Waals surface area contributed by atoms with Crippen LogP contribution in [0.25, 0.3) is 0 Å². The van der Waals surface area contributed by atoms with E-state index in [2.05, 4.69) is 15.5 Å². The van der Waals surface area contributed by atoms with Crippen LogP contribution in [0.2, 0.25) is 0 Å². The van der Waals surface area contributed by atoms with Crippen LogP contribution in [0.4, 0.5) is 0 Å². The third-order valence-electron chi connectivity index (χ3n) is 2.60. The highest BCUT2D eigenvalue weighted by atomic mass is 16.2. The molecule has 92 valence electrons. The Morgan fingerprint density at radius 1 is 1.39 bits per heavy atom. The number of nitrogens with one attached hydrogen (secondary N) is 2. The van der Waals surface area contributed by atoms with E-state index < -0.39 is 0 Å². The fraction of sp³-hybridized carbons (Fsp3) is 0.154. The van der Waals surface area contributed by atoms with Gasteiger partial charge in [-0.05, 0) is 18.6 Å². The van der Waals surface area contributed by atoms with Crippen LogP contribution in [0, 0.1) is 0 Å². The summed E-state index contributed by atoms with van der Waals surface area (Å²) < 4.78 is 0. The van der Waals surface area contributed by atoms with Crippen LogP contribution in [0.1, 0.15) is 39.5 Å². The van der Waals surface area contributed by atoms with E-state index >= 15 is 0 Å². The van der Waals surface area contributed by atoms with Crippen molar-refractivity contribution in [3.05, 3.63) is 53.3 Å². The van der Waals surface area contributed by atoms with Gasteiger partial charge < -0.3 is 5.32 Å². The van der Waals surface area contributed by atoms with E-state index in [1.165, 1.54) is 6.07 Å². The predicted octanol–water partition coefficient (Wildman–Crippen LogP) is 1.71. The largest absolute Gasteiger partial charge is 0.344 e. The molecule has 0 bridgehead atoms. The number of aromatic amines is 1. The number of hydrogen-bond donors (Lipinski definition) is 2. The molecule has 0 radical (unpaired) electrons. The van der Waals surface area contributed by atoms with E-state index in [0.717, 1.165) is 5.56 Å². The molecule has 1 atom stereocenters. The molecule has 2 N–H and O–H groups in total. The number of benzene rings is 1. The summed E-state index contributed by atoms with van der Waals surface area (Å²) in [6.07, 6.45) is 0.615. The lowest BCUT2D eigenvalue weighted by molar-refractivity contribution is 0.0934. The first kappa shape index (κ1) is 12.0. The molecule has 1 amide bonds. The second-order valence-corrected chi connectivity index (χ2v) is 3.93. The van der Waals surface area contributed by atoms with E-state index in [9.17, 15) is 9.59 Å². The molecule has 5 nitrogen and oxygen atoms in total. The highest BCUT2D eigenvalue weighted by molar-refractivity contribution is 5.93. The van der Waals surface area contributed by atoms with Gasteiger partial charge in [-0.2, -0.15) is 5.10 Å². The van der Waals surface area contributed by atoms with Crippen molar-refractivity contribution < 1.29 is 9.59 Å². The third-order valence-corrected chi connectivity index (χ3v) is 2.60. The van der Waals surface area contributed by atoms with E-state index in [-0.39, 0.29) is 23.3 Å².